The smallest absolute Gasteiger partial charge is 0.408 e. The molecule has 0 heterocycles. The Hall–Kier alpha value is -2.22. The maximum Gasteiger partial charge on any atom is 0.408 e. The lowest BCUT2D eigenvalue weighted by Crippen LogP contribution is -2.51. The van der Waals surface area contributed by atoms with Crippen LogP contribution in [0.3, 0.4) is 0 Å². The molecule has 35 heavy (non-hydrogen) atoms. The Labute approximate surface area is 218 Å². The van der Waals surface area contributed by atoms with Crippen LogP contribution in [0.2, 0.25) is 5.02 Å². The van der Waals surface area contributed by atoms with E-state index in [0.29, 0.717) is 24.3 Å². The minimum Gasteiger partial charge on any atom is -0.466 e. The van der Waals surface area contributed by atoms with E-state index in [4.69, 9.17) is 25.8 Å². The highest BCUT2D eigenvalue weighted by Gasteiger charge is 2.32. The molecule has 2 rings (SSSR count). The molecule has 0 saturated carbocycles. The Morgan fingerprint density at radius 3 is 2.49 bits per heavy atom. The Balaban J connectivity index is 2.15. The summed E-state index contributed by atoms with van der Waals surface area (Å²) in [5.74, 6) is 0.742. The van der Waals surface area contributed by atoms with Crippen molar-refractivity contribution in [3.63, 3.8) is 0 Å². The minimum atomic E-state index is -1.01. The van der Waals surface area contributed by atoms with Gasteiger partial charge in [0.2, 0.25) is 0 Å². The molecule has 0 bridgehead atoms. The molecule has 2 aromatic carbocycles. The molecular weight excluding hydrogens is 486 g/mol. The van der Waals surface area contributed by atoms with Gasteiger partial charge in [0.25, 0.3) is 0 Å². The number of alkyl carbamates (subject to hydrolysis) is 1. The number of methoxy groups -OCH3 is 1. The lowest BCUT2D eigenvalue weighted by Gasteiger charge is -2.31. The van der Waals surface area contributed by atoms with E-state index in [1.165, 1.54) is 0 Å². The highest BCUT2D eigenvalue weighted by Crippen LogP contribution is 2.37. The first-order chi connectivity index (χ1) is 16.5. The zero-order valence-corrected chi connectivity index (χ0v) is 23.0. The highest BCUT2D eigenvalue weighted by molar-refractivity contribution is 7.99. The van der Waals surface area contributed by atoms with Crippen molar-refractivity contribution in [1.82, 2.24) is 5.32 Å². The largest absolute Gasteiger partial charge is 0.466 e. The van der Waals surface area contributed by atoms with E-state index in [-0.39, 0.29) is 6.79 Å². The van der Waals surface area contributed by atoms with Gasteiger partial charge in [-0.15, -0.1) is 0 Å². The van der Waals surface area contributed by atoms with Gasteiger partial charge in [0.15, 0.2) is 6.79 Å². The van der Waals surface area contributed by atoms with Crippen molar-refractivity contribution in [3.8, 4) is 5.75 Å². The summed E-state index contributed by atoms with van der Waals surface area (Å²) < 4.78 is 16.1. The zero-order chi connectivity index (χ0) is 26.1. The molecule has 0 aliphatic heterocycles. The lowest BCUT2D eigenvalue weighted by atomic mass is 9.88. The molecule has 0 saturated heterocycles. The van der Waals surface area contributed by atoms with Gasteiger partial charge in [-0.3, -0.25) is 0 Å². The third kappa shape index (κ3) is 9.39. The molecule has 0 fully saturated rings. The first-order valence-corrected chi connectivity index (χ1v) is 12.9. The number of ether oxygens (including phenoxy) is 3. The summed E-state index contributed by atoms with van der Waals surface area (Å²) in [6, 6.07) is 11.9. The summed E-state index contributed by atoms with van der Waals surface area (Å²) in [6.07, 6.45) is 2.42. The number of aldehydes is 1. The first-order valence-electron chi connectivity index (χ1n) is 11.7. The topological polar surface area (TPSA) is 73.9 Å². The van der Waals surface area contributed by atoms with Crippen molar-refractivity contribution < 1.29 is 23.8 Å². The van der Waals surface area contributed by atoms with E-state index >= 15 is 0 Å². The number of carbonyl (C=O) groups is 2. The highest BCUT2D eigenvalue weighted by atomic mass is 35.5. The second-order valence-corrected chi connectivity index (χ2v) is 11.0. The molecule has 8 heteroatoms. The van der Waals surface area contributed by atoms with Gasteiger partial charge in [-0.1, -0.05) is 48.8 Å². The van der Waals surface area contributed by atoms with Gasteiger partial charge >= 0.3 is 6.09 Å². The number of hydrogen-bond donors (Lipinski definition) is 1. The van der Waals surface area contributed by atoms with Gasteiger partial charge in [-0.2, -0.15) is 0 Å². The standard InChI is InChI=1S/C27H36ClNO5S/c1-7-13-27(17-30,29-25(31)34-26(3,4)5)14-12-20-9-10-21(16-22(20)28)35-24-15-19(2)8-11-23(24)33-18-32-6/h8-11,15-17H,7,12-14,18H2,1-6H3,(H,29,31)/t27-/m0/s1. The molecule has 1 N–H and O–H groups in total. The molecule has 6 nitrogen and oxygen atoms in total. The minimum absolute atomic E-state index is 0.171. The maximum absolute atomic E-state index is 12.4. The number of carbonyl (C=O) groups excluding carboxylic acids is 2. The third-order valence-electron chi connectivity index (χ3n) is 5.20. The fourth-order valence-corrected chi connectivity index (χ4v) is 4.94. The molecule has 1 amide bonds. The van der Waals surface area contributed by atoms with Crippen LogP contribution in [0.4, 0.5) is 4.79 Å². The van der Waals surface area contributed by atoms with Crippen molar-refractivity contribution >= 4 is 35.7 Å². The Morgan fingerprint density at radius 2 is 1.89 bits per heavy atom. The molecule has 0 aliphatic carbocycles. The van der Waals surface area contributed by atoms with Crippen LogP contribution >= 0.6 is 23.4 Å². The lowest BCUT2D eigenvalue weighted by molar-refractivity contribution is -0.114. The molecule has 0 spiro atoms. The molecule has 0 unspecified atom stereocenters. The summed E-state index contributed by atoms with van der Waals surface area (Å²) in [6.45, 7) is 9.54. The van der Waals surface area contributed by atoms with Crippen molar-refractivity contribution in [2.75, 3.05) is 13.9 Å². The van der Waals surface area contributed by atoms with Crippen LogP contribution in [0.5, 0.6) is 5.75 Å². The molecule has 0 aliphatic rings. The van der Waals surface area contributed by atoms with Gasteiger partial charge < -0.3 is 24.3 Å². The van der Waals surface area contributed by atoms with Crippen LogP contribution < -0.4 is 10.1 Å². The van der Waals surface area contributed by atoms with Gasteiger partial charge in [0, 0.05) is 17.0 Å². The predicted molar refractivity (Wildman–Crippen MR) is 141 cm³/mol. The number of amides is 1. The molecular formula is C27H36ClNO5S. The molecule has 192 valence electrons. The Kier molecular flexibility index (Phi) is 10.9. The van der Waals surface area contributed by atoms with Crippen LogP contribution in [0.15, 0.2) is 46.2 Å². The van der Waals surface area contributed by atoms with E-state index in [2.05, 4.69) is 11.4 Å². The summed E-state index contributed by atoms with van der Waals surface area (Å²) >= 11 is 8.18. The van der Waals surface area contributed by atoms with Crippen LogP contribution in [-0.4, -0.2) is 37.4 Å². The van der Waals surface area contributed by atoms with Crippen LogP contribution in [0, 0.1) is 6.92 Å². The van der Waals surface area contributed by atoms with Crippen molar-refractivity contribution in [2.45, 2.75) is 81.2 Å². The van der Waals surface area contributed by atoms with E-state index in [1.54, 1.807) is 39.6 Å². The summed E-state index contributed by atoms with van der Waals surface area (Å²) in [7, 11) is 1.59. The fraction of sp³-hybridized carbons (Fsp3) is 0.481. The van der Waals surface area contributed by atoms with Crippen LogP contribution in [0.25, 0.3) is 0 Å². The van der Waals surface area contributed by atoms with Gasteiger partial charge in [0.05, 0.1) is 10.4 Å². The fourth-order valence-electron chi connectivity index (χ4n) is 3.57. The molecule has 1 atom stereocenters. The van der Waals surface area contributed by atoms with Gasteiger partial charge in [-0.25, -0.2) is 4.79 Å². The zero-order valence-electron chi connectivity index (χ0n) is 21.4. The number of benzene rings is 2. The summed E-state index contributed by atoms with van der Waals surface area (Å²) in [5.41, 5.74) is 0.374. The van der Waals surface area contributed by atoms with Crippen molar-refractivity contribution in [2.24, 2.45) is 0 Å². The average molecular weight is 522 g/mol. The van der Waals surface area contributed by atoms with Crippen molar-refractivity contribution in [1.29, 1.82) is 0 Å². The predicted octanol–water partition coefficient (Wildman–Crippen LogP) is 6.98. The molecule has 2 aromatic rings. The Bertz CT molecular complexity index is 1010. The number of aryl methyl sites for hydroxylation is 2. The Morgan fingerprint density at radius 1 is 1.14 bits per heavy atom. The third-order valence-corrected chi connectivity index (χ3v) is 6.58. The number of hydrogen-bond acceptors (Lipinski definition) is 6. The van der Waals surface area contributed by atoms with Crippen molar-refractivity contribution in [3.05, 3.63) is 52.5 Å². The summed E-state index contributed by atoms with van der Waals surface area (Å²) in [5, 5.41) is 3.41. The number of rotatable bonds is 12. The molecule has 0 radical (unpaired) electrons. The van der Waals surface area contributed by atoms with Crippen LogP contribution in [-0.2, 0) is 20.7 Å². The van der Waals surface area contributed by atoms with E-state index in [0.717, 1.165) is 39.4 Å². The quantitative estimate of drug-likeness (QED) is 0.240. The normalized spacial score (nSPS) is 13.1. The van der Waals surface area contributed by atoms with E-state index in [1.807, 2.05) is 44.2 Å². The van der Waals surface area contributed by atoms with E-state index in [9.17, 15) is 9.59 Å². The van der Waals surface area contributed by atoms with Crippen LogP contribution in [0.1, 0.15) is 58.1 Å². The second kappa shape index (κ2) is 13.2. The maximum atomic E-state index is 12.4. The number of nitrogens with one attached hydrogen (secondary N) is 1. The van der Waals surface area contributed by atoms with E-state index < -0.39 is 17.2 Å². The van der Waals surface area contributed by atoms with Gasteiger partial charge in [-0.05, 0) is 82.3 Å². The second-order valence-electron chi connectivity index (χ2n) is 9.51. The SMILES string of the molecule is CCC[C@@](C=O)(CCc1ccc(Sc2cc(C)ccc2OCOC)cc1Cl)NC(=O)OC(C)(C)C. The van der Waals surface area contributed by atoms with Gasteiger partial charge in [0.1, 0.15) is 17.6 Å². The number of halogens is 1. The monoisotopic (exact) mass is 521 g/mol. The first kappa shape index (κ1) is 29.0. The molecule has 0 aromatic heterocycles. The average Bonchev–Trinajstić information content (AvgIpc) is 2.76. The summed E-state index contributed by atoms with van der Waals surface area (Å²) in [4.78, 5) is 26.4.